The van der Waals surface area contributed by atoms with Gasteiger partial charge in [-0.2, -0.15) is 0 Å². The van der Waals surface area contributed by atoms with E-state index in [2.05, 4.69) is 29.6 Å². The molecule has 37 heavy (non-hydrogen) atoms. The van der Waals surface area contributed by atoms with Gasteiger partial charge in [0.15, 0.2) is 5.78 Å². The van der Waals surface area contributed by atoms with Gasteiger partial charge in [-0.1, -0.05) is 101 Å². The number of terminal acetylenes is 1. The molecule has 0 unspecified atom stereocenters. The van der Waals surface area contributed by atoms with Crippen molar-refractivity contribution in [3.8, 4) is 36.0 Å². The molecule has 0 aliphatic rings. The largest absolute Gasteiger partial charge is 0.384 e. The number of rotatable bonds is 23. The highest BCUT2D eigenvalue weighted by molar-refractivity contribution is 5.89. The van der Waals surface area contributed by atoms with E-state index in [1.807, 2.05) is 12.2 Å². The van der Waals surface area contributed by atoms with E-state index in [4.69, 9.17) is 11.5 Å². The zero-order valence-corrected chi connectivity index (χ0v) is 22.9. The molecule has 0 amide bonds. The molecule has 0 bridgehead atoms. The zero-order chi connectivity index (χ0) is 27.2. The van der Waals surface area contributed by atoms with Crippen molar-refractivity contribution in [2.24, 2.45) is 0 Å². The zero-order valence-electron chi connectivity index (χ0n) is 22.9. The number of hydrogen-bond donors (Lipinski definition) is 3. The predicted octanol–water partition coefficient (Wildman–Crippen LogP) is 6.43. The normalized spacial score (nSPS) is 12.5. The fourth-order valence-corrected chi connectivity index (χ4v) is 3.96. The Morgan fingerprint density at radius 1 is 0.730 bits per heavy atom. The molecule has 0 saturated heterocycles. The Morgan fingerprint density at radius 2 is 1.27 bits per heavy atom. The van der Waals surface area contributed by atoms with Gasteiger partial charge in [-0.3, -0.25) is 4.79 Å². The number of hydrogen-bond acceptors (Lipinski definition) is 4. The standard InChI is InChI=1S/C33H50O4/c1-2-31(35)25-19-14-10-7-5-3-4-6-8-11-15-20-26-32(36)27-21-16-12-9-13-17-22-28-33(37)29-23-18-24-30-34/h1,19-20,25-26,31,33-35,37H,3-17,21-22,27-28,30H2/b25-19+,26-20+/t31-,33+/m1/s1. The summed E-state index contributed by atoms with van der Waals surface area (Å²) >= 11 is 0. The Labute approximate surface area is 227 Å². The third-order valence-corrected chi connectivity index (χ3v) is 6.15. The van der Waals surface area contributed by atoms with Crippen LogP contribution < -0.4 is 0 Å². The second kappa shape index (κ2) is 28.3. The minimum atomic E-state index is -0.745. The smallest absolute Gasteiger partial charge is 0.155 e. The van der Waals surface area contributed by atoms with Crippen molar-refractivity contribution in [3.05, 3.63) is 24.3 Å². The van der Waals surface area contributed by atoms with Gasteiger partial charge in [0.1, 0.15) is 18.8 Å². The number of allylic oxidation sites excluding steroid dienone is 3. The van der Waals surface area contributed by atoms with Crippen molar-refractivity contribution in [1.29, 1.82) is 0 Å². The monoisotopic (exact) mass is 510 g/mol. The number of ketones is 1. The minimum absolute atomic E-state index is 0.207. The first kappa shape index (κ1) is 34.7. The lowest BCUT2D eigenvalue weighted by Gasteiger charge is -2.03. The average Bonchev–Trinajstić information content (AvgIpc) is 2.90. The summed E-state index contributed by atoms with van der Waals surface area (Å²) in [5.74, 6) is 12.6. The SMILES string of the molecule is C#C[C@@H](O)/C=C/CCCCCCCCCC/C=C/C(=O)CCCCCCCCC[C@H](O)C#CC#CCO. The molecule has 3 N–H and O–H groups in total. The first-order chi connectivity index (χ1) is 18.1. The topological polar surface area (TPSA) is 77.8 Å². The maximum absolute atomic E-state index is 12.0. The number of aliphatic hydroxyl groups excluding tert-OH is 3. The molecule has 0 radical (unpaired) electrons. The molecule has 0 saturated carbocycles. The minimum Gasteiger partial charge on any atom is -0.384 e. The molecule has 4 nitrogen and oxygen atoms in total. The molecule has 0 aliphatic carbocycles. The fourth-order valence-electron chi connectivity index (χ4n) is 3.96. The molecule has 0 aromatic heterocycles. The van der Waals surface area contributed by atoms with Gasteiger partial charge in [0.25, 0.3) is 0 Å². The van der Waals surface area contributed by atoms with E-state index in [0.717, 1.165) is 64.2 Å². The molecular formula is C33H50O4. The first-order valence-corrected chi connectivity index (χ1v) is 14.4. The van der Waals surface area contributed by atoms with Crippen molar-refractivity contribution in [2.75, 3.05) is 6.61 Å². The maximum Gasteiger partial charge on any atom is 0.155 e. The van der Waals surface area contributed by atoms with Crippen LogP contribution in [0.1, 0.15) is 122 Å². The van der Waals surface area contributed by atoms with Gasteiger partial charge >= 0.3 is 0 Å². The van der Waals surface area contributed by atoms with Crippen molar-refractivity contribution >= 4 is 5.78 Å². The molecular weight excluding hydrogens is 460 g/mol. The Hall–Kier alpha value is -2.29. The van der Waals surface area contributed by atoms with E-state index in [-0.39, 0.29) is 12.4 Å². The first-order valence-electron chi connectivity index (χ1n) is 14.4. The second-order valence-corrected chi connectivity index (χ2v) is 9.57. The van der Waals surface area contributed by atoms with Gasteiger partial charge in [-0.05, 0) is 68.9 Å². The molecule has 4 heteroatoms. The highest BCUT2D eigenvalue weighted by atomic mass is 16.3. The van der Waals surface area contributed by atoms with Crippen LogP contribution in [-0.4, -0.2) is 39.9 Å². The number of carbonyl (C=O) groups excluding carboxylic acids is 1. The molecule has 0 spiro atoms. The van der Waals surface area contributed by atoms with Crippen LogP contribution in [0.15, 0.2) is 24.3 Å². The maximum atomic E-state index is 12.0. The number of unbranched alkanes of at least 4 members (excludes halogenated alkanes) is 15. The average molecular weight is 511 g/mol. The summed E-state index contributed by atoms with van der Waals surface area (Å²) in [5.41, 5.74) is 0. The summed E-state index contributed by atoms with van der Waals surface area (Å²) in [7, 11) is 0. The van der Waals surface area contributed by atoms with Crippen LogP contribution in [0.2, 0.25) is 0 Å². The van der Waals surface area contributed by atoms with E-state index in [9.17, 15) is 15.0 Å². The van der Waals surface area contributed by atoms with Crippen LogP contribution in [0.3, 0.4) is 0 Å². The fraction of sp³-hybridized carbons (Fsp3) is 0.667. The summed E-state index contributed by atoms with van der Waals surface area (Å²) in [6.07, 6.45) is 32.0. The van der Waals surface area contributed by atoms with Gasteiger partial charge < -0.3 is 15.3 Å². The molecule has 206 valence electrons. The highest BCUT2D eigenvalue weighted by Crippen LogP contribution is 2.13. The van der Waals surface area contributed by atoms with Crippen LogP contribution in [-0.2, 0) is 4.79 Å². The number of aliphatic hydroxyl groups is 3. The van der Waals surface area contributed by atoms with Crippen molar-refractivity contribution in [3.63, 3.8) is 0 Å². The lowest BCUT2D eigenvalue weighted by molar-refractivity contribution is -0.114. The van der Waals surface area contributed by atoms with E-state index < -0.39 is 12.2 Å². The van der Waals surface area contributed by atoms with Crippen molar-refractivity contribution < 1.29 is 20.1 Å². The third-order valence-electron chi connectivity index (χ3n) is 6.15. The van der Waals surface area contributed by atoms with Gasteiger partial charge in [0.2, 0.25) is 0 Å². The summed E-state index contributed by atoms with van der Waals surface area (Å²) in [5, 5.41) is 27.5. The summed E-state index contributed by atoms with van der Waals surface area (Å²) in [6, 6.07) is 0. The predicted molar refractivity (Wildman–Crippen MR) is 154 cm³/mol. The van der Waals surface area contributed by atoms with Crippen molar-refractivity contribution in [2.45, 2.75) is 134 Å². The van der Waals surface area contributed by atoms with Crippen LogP contribution in [0, 0.1) is 36.0 Å². The quantitative estimate of drug-likeness (QED) is 0.0640. The van der Waals surface area contributed by atoms with E-state index in [1.165, 1.54) is 44.9 Å². The van der Waals surface area contributed by atoms with Crippen molar-refractivity contribution in [1.82, 2.24) is 0 Å². The molecule has 2 atom stereocenters. The molecule has 0 heterocycles. The Kier molecular flexibility index (Phi) is 26.5. The lowest BCUT2D eigenvalue weighted by atomic mass is 10.0. The molecule has 0 aliphatic heterocycles. The van der Waals surface area contributed by atoms with E-state index >= 15 is 0 Å². The summed E-state index contributed by atoms with van der Waals surface area (Å²) in [6.45, 7) is -0.207. The Bertz CT molecular complexity index is 766. The van der Waals surface area contributed by atoms with Gasteiger partial charge in [0.05, 0.1) is 0 Å². The third kappa shape index (κ3) is 28.1. The van der Waals surface area contributed by atoms with E-state index in [1.54, 1.807) is 12.2 Å². The molecule has 0 aromatic carbocycles. The summed E-state index contributed by atoms with van der Waals surface area (Å²) < 4.78 is 0. The Morgan fingerprint density at radius 3 is 1.86 bits per heavy atom. The highest BCUT2D eigenvalue weighted by Gasteiger charge is 2.00. The van der Waals surface area contributed by atoms with Gasteiger partial charge in [0, 0.05) is 6.42 Å². The van der Waals surface area contributed by atoms with Crippen LogP contribution in [0.4, 0.5) is 0 Å². The van der Waals surface area contributed by atoms with Gasteiger partial charge in [-0.15, -0.1) is 6.42 Å². The van der Waals surface area contributed by atoms with Crippen LogP contribution in [0.25, 0.3) is 0 Å². The molecule has 0 rings (SSSR count). The second-order valence-electron chi connectivity index (χ2n) is 9.57. The van der Waals surface area contributed by atoms with Crippen LogP contribution in [0.5, 0.6) is 0 Å². The number of carbonyl (C=O) groups is 1. The van der Waals surface area contributed by atoms with Crippen LogP contribution >= 0.6 is 0 Å². The molecule has 0 aromatic rings. The van der Waals surface area contributed by atoms with E-state index in [0.29, 0.717) is 12.8 Å². The lowest BCUT2D eigenvalue weighted by Crippen LogP contribution is -2.02. The molecule has 0 fully saturated rings. The summed E-state index contributed by atoms with van der Waals surface area (Å²) in [4.78, 5) is 12.0. The van der Waals surface area contributed by atoms with Gasteiger partial charge in [-0.25, -0.2) is 0 Å². The Balaban J connectivity index is 3.41.